The summed E-state index contributed by atoms with van der Waals surface area (Å²) in [4.78, 5) is 11.6. The van der Waals surface area contributed by atoms with Gasteiger partial charge in [-0.1, -0.05) is 12.1 Å². The second-order valence-electron chi connectivity index (χ2n) is 6.56. The van der Waals surface area contributed by atoms with Crippen LogP contribution >= 0.6 is 0 Å². The standard InChI is InChI=1S/C20H20FNO3/c1-24-20(23)13-6-4-12(5-7-13)18-15-3-2-10-25-19(15)16-11-14(21)8-9-17(16)22-18/h4-9,11,15,18-19,22H,2-3,10H2,1H3/t15?,18-,19?/m0/s1. The van der Waals surface area contributed by atoms with Crippen molar-refractivity contribution in [2.24, 2.45) is 5.92 Å². The summed E-state index contributed by atoms with van der Waals surface area (Å²) >= 11 is 0. The Kier molecular flexibility index (Phi) is 4.17. The van der Waals surface area contributed by atoms with Gasteiger partial charge >= 0.3 is 5.97 Å². The van der Waals surface area contributed by atoms with Crippen molar-refractivity contribution in [3.63, 3.8) is 0 Å². The number of esters is 1. The summed E-state index contributed by atoms with van der Waals surface area (Å²) in [6.45, 7) is 0.700. The highest BCUT2D eigenvalue weighted by atomic mass is 19.1. The average Bonchev–Trinajstić information content (AvgIpc) is 2.67. The topological polar surface area (TPSA) is 47.6 Å². The molecule has 0 radical (unpaired) electrons. The van der Waals surface area contributed by atoms with E-state index in [1.807, 2.05) is 12.1 Å². The summed E-state index contributed by atoms with van der Waals surface area (Å²) in [5, 5.41) is 3.54. The lowest BCUT2D eigenvalue weighted by Crippen LogP contribution is -2.36. The Bertz CT molecular complexity index is 790. The van der Waals surface area contributed by atoms with Gasteiger partial charge in [0, 0.05) is 23.8 Å². The summed E-state index contributed by atoms with van der Waals surface area (Å²) in [6, 6.07) is 12.3. The van der Waals surface area contributed by atoms with Gasteiger partial charge in [-0.05, 0) is 48.7 Å². The van der Waals surface area contributed by atoms with Crippen molar-refractivity contribution in [2.75, 3.05) is 19.0 Å². The van der Waals surface area contributed by atoms with Crippen LogP contribution in [0.3, 0.4) is 0 Å². The fourth-order valence-electron chi connectivity index (χ4n) is 3.92. The van der Waals surface area contributed by atoms with Crippen LogP contribution in [-0.4, -0.2) is 19.7 Å². The molecule has 4 rings (SSSR count). The minimum absolute atomic E-state index is 0.0648. The Morgan fingerprint density at radius 2 is 2.04 bits per heavy atom. The van der Waals surface area contributed by atoms with Gasteiger partial charge in [0.05, 0.1) is 24.8 Å². The Morgan fingerprint density at radius 1 is 1.24 bits per heavy atom. The number of carbonyl (C=O) groups excluding carboxylic acids is 1. The molecule has 0 amide bonds. The zero-order valence-corrected chi connectivity index (χ0v) is 14.0. The molecule has 2 aliphatic rings. The molecule has 1 N–H and O–H groups in total. The molecule has 0 bridgehead atoms. The van der Waals surface area contributed by atoms with E-state index in [0.29, 0.717) is 12.2 Å². The molecule has 4 nitrogen and oxygen atoms in total. The van der Waals surface area contributed by atoms with E-state index in [1.54, 1.807) is 24.3 Å². The molecule has 2 aromatic rings. The van der Waals surface area contributed by atoms with Crippen molar-refractivity contribution in [1.29, 1.82) is 0 Å². The molecule has 2 aromatic carbocycles. The number of rotatable bonds is 2. The van der Waals surface area contributed by atoms with Gasteiger partial charge in [-0.3, -0.25) is 0 Å². The lowest BCUT2D eigenvalue weighted by molar-refractivity contribution is -0.0382. The highest BCUT2D eigenvalue weighted by molar-refractivity contribution is 5.89. The number of benzene rings is 2. The van der Waals surface area contributed by atoms with Gasteiger partial charge in [-0.25, -0.2) is 9.18 Å². The number of anilines is 1. The highest BCUT2D eigenvalue weighted by Gasteiger charge is 2.39. The fourth-order valence-corrected chi connectivity index (χ4v) is 3.92. The van der Waals surface area contributed by atoms with Crippen molar-refractivity contribution in [3.05, 3.63) is 65.0 Å². The van der Waals surface area contributed by atoms with E-state index >= 15 is 0 Å². The maximum absolute atomic E-state index is 13.7. The molecule has 2 heterocycles. The third-order valence-electron chi connectivity index (χ3n) is 5.12. The first-order valence-electron chi connectivity index (χ1n) is 8.53. The number of fused-ring (bicyclic) bond motifs is 3. The molecule has 0 saturated carbocycles. The monoisotopic (exact) mass is 341 g/mol. The number of hydrogen-bond acceptors (Lipinski definition) is 4. The Morgan fingerprint density at radius 3 is 2.80 bits per heavy atom. The predicted molar refractivity (Wildman–Crippen MR) is 92.0 cm³/mol. The summed E-state index contributed by atoms with van der Waals surface area (Å²) in [5.74, 6) is -0.357. The summed E-state index contributed by atoms with van der Waals surface area (Å²) in [6.07, 6.45) is 1.90. The molecule has 5 heteroatoms. The molecule has 1 fully saturated rings. The van der Waals surface area contributed by atoms with Crippen LogP contribution in [0.25, 0.3) is 0 Å². The first kappa shape index (κ1) is 16.1. The number of nitrogens with one attached hydrogen (secondary N) is 1. The van der Waals surface area contributed by atoms with Crippen LogP contribution in [0, 0.1) is 11.7 Å². The van der Waals surface area contributed by atoms with Crippen molar-refractivity contribution < 1.29 is 18.7 Å². The van der Waals surface area contributed by atoms with Crippen LogP contribution in [0.1, 0.15) is 46.5 Å². The second-order valence-corrected chi connectivity index (χ2v) is 6.56. The van der Waals surface area contributed by atoms with E-state index in [2.05, 4.69) is 5.32 Å². The smallest absolute Gasteiger partial charge is 0.337 e. The zero-order valence-electron chi connectivity index (χ0n) is 14.0. The normalized spacial score (nSPS) is 24.6. The maximum atomic E-state index is 13.7. The molecule has 1 saturated heterocycles. The second kappa shape index (κ2) is 6.48. The molecule has 0 spiro atoms. The van der Waals surface area contributed by atoms with Crippen molar-refractivity contribution in [1.82, 2.24) is 0 Å². The van der Waals surface area contributed by atoms with Crippen LogP contribution in [-0.2, 0) is 9.47 Å². The van der Waals surface area contributed by atoms with E-state index in [4.69, 9.17) is 9.47 Å². The minimum Gasteiger partial charge on any atom is -0.465 e. The molecule has 2 aliphatic heterocycles. The third kappa shape index (κ3) is 2.89. The molecule has 2 unspecified atom stereocenters. The van der Waals surface area contributed by atoms with Gasteiger partial charge in [0.2, 0.25) is 0 Å². The molecule has 130 valence electrons. The highest BCUT2D eigenvalue weighted by Crippen LogP contribution is 2.49. The van der Waals surface area contributed by atoms with Gasteiger partial charge in [0.25, 0.3) is 0 Å². The van der Waals surface area contributed by atoms with E-state index < -0.39 is 0 Å². The SMILES string of the molecule is COC(=O)c1ccc([C@@H]2Nc3ccc(F)cc3C3OCCCC32)cc1. The van der Waals surface area contributed by atoms with Crippen LogP contribution in [0.15, 0.2) is 42.5 Å². The lowest BCUT2D eigenvalue weighted by Gasteiger charge is -2.43. The van der Waals surface area contributed by atoms with Gasteiger partial charge in [0.15, 0.2) is 0 Å². The van der Waals surface area contributed by atoms with Gasteiger partial charge in [-0.15, -0.1) is 0 Å². The number of hydrogen-bond donors (Lipinski definition) is 1. The maximum Gasteiger partial charge on any atom is 0.337 e. The van der Waals surface area contributed by atoms with E-state index in [1.165, 1.54) is 13.2 Å². The minimum atomic E-state index is -0.345. The number of ether oxygens (including phenoxy) is 2. The molecule has 25 heavy (non-hydrogen) atoms. The number of methoxy groups -OCH3 is 1. The van der Waals surface area contributed by atoms with Crippen LogP contribution in [0.4, 0.5) is 10.1 Å². The Hall–Kier alpha value is -2.40. The van der Waals surface area contributed by atoms with E-state index in [-0.39, 0.29) is 29.9 Å². The molecular formula is C20H20FNO3. The first-order valence-corrected chi connectivity index (χ1v) is 8.53. The quantitative estimate of drug-likeness (QED) is 0.830. The van der Waals surface area contributed by atoms with Crippen LogP contribution in [0.2, 0.25) is 0 Å². The fraction of sp³-hybridized carbons (Fsp3) is 0.350. The van der Waals surface area contributed by atoms with Crippen LogP contribution in [0.5, 0.6) is 0 Å². The number of carbonyl (C=O) groups is 1. The van der Waals surface area contributed by atoms with E-state index in [9.17, 15) is 9.18 Å². The van der Waals surface area contributed by atoms with Gasteiger partial charge in [-0.2, -0.15) is 0 Å². The summed E-state index contributed by atoms with van der Waals surface area (Å²) < 4.78 is 24.5. The first-order chi connectivity index (χ1) is 12.2. The lowest BCUT2D eigenvalue weighted by atomic mass is 9.77. The van der Waals surface area contributed by atoms with Crippen molar-refractivity contribution in [2.45, 2.75) is 25.0 Å². The molecule has 0 aromatic heterocycles. The van der Waals surface area contributed by atoms with Crippen LogP contribution < -0.4 is 5.32 Å². The Balaban J connectivity index is 1.69. The predicted octanol–water partition coefficient (Wildman–Crippen LogP) is 4.25. The Labute approximate surface area is 146 Å². The molecular weight excluding hydrogens is 321 g/mol. The summed E-state index contributed by atoms with van der Waals surface area (Å²) in [5.41, 5.74) is 3.42. The number of halogens is 1. The van der Waals surface area contributed by atoms with Crippen molar-refractivity contribution >= 4 is 11.7 Å². The largest absolute Gasteiger partial charge is 0.465 e. The average molecular weight is 341 g/mol. The van der Waals surface area contributed by atoms with E-state index in [0.717, 1.165) is 29.7 Å². The zero-order chi connectivity index (χ0) is 17.4. The molecule has 0 aliphatic carbocycles. The van der Waals surface area contributed by atoms with Gasteiger partial charge in [0.1, 0.15) is 5.82 Å². The van der Waals surface area contributed by atoms with Gasteiger partial charge < -0.3 is 14.8 Å². The molecule has 3 atom stereocenters. The third-order valence-corrected chi connectivity index (χ3v) is 5.12. The van der Waals surface area contributed by atoms with Crippen molar-refractivity contribution in [3.8, 4) is 0 Å². The summed E-state index contributed by atoms with van der Waals surface area (Å²) in [7, 11) is 1.37.